The zero-order valence-electron chi connectivity index (χ0n) is 10.9. The highest BCUT2D eigenvalue weighted by atomic mass is 31.2. The van der Waals surface area contributed by atoms with Gasteiger partial charge in [0.2, 0.25) is 0 Å². The Hall–Kier alpha value is -1.09. The third kappa shape index (κ3) is 4.30. The van der Waals surface area contributed by atoms with Crippen LogP contribution in [0.25, 0.3) is 0 Å². The summed E-state index contributed by atoms with van der Waals surface area (Å²) in [5, 5.41) is 3.58. The molecular weight excluding hydrogens is 249 g/mol. The molecule has 0 aliphatic rings. The normalized spacial score (nSPS) is 11.2. The van der Waals surface area contributed by atoms with Crippen molar-refractivity contribution in [2.45, 2.75) is 13.8 Å². The van der Waals surface area contributed by atoms with Crippen LogP contribution in [0.1, 0.15) is 13.8 Å². The molecule has 0 saturated carbocycles. The number of nitrogens with one attached hydrogen (secondary N) is 1. The summed E-state index contributed by atoms with van der Waals surface area (Å²) in [6, 6.07) is 9.65. The quantitative estimate of drug-likeness (QED) is 0.727. The van der Waals surface area contributed by atoms with Crippen LogP contribution in [-0.2, 0) is 13.6 Å². The van der Waals surface area contributed by atoms with Crippen molar-refractivity contribution >= 4 is 13.3 Å². The number of hydrogen-bond donors (Lipinski definition) is 1. The van der Waals surface area contributed by atoms with Gasteiger partial charge < -0.3 is 14.4 Å². The van der Waals surface area contributed by atoms with Gasteiger partial charge in [-0.15, -0.1) is 0 Å². The molecule has 0 spiro atoms. The summed E-state index contributed by atoms with van der Waals surface area (Å²) >= 11 is 0. The van der Waals surface area contributed by atoms with Gasteiger partial charge in [-0.25, -0.2) is 0 Å². The molecule has 0 fully saturated rings. The van der Waals surface area contributed by atoms with E-state index in [1.807, 2.05) is 30.3 Å². The third-order valence-corrected chi connectivity index (χ3v) is 4.38. The maximum absolute atomic E-state index is 12.4. The van der Waals surface area contributed by atoms with E-state index in [-0.39, 0.29) is 0 Å². The van der Waals surface area contributed by atoms with Gasteiger partial charge in [-0.05, 0) is 26.0 Å². The minimum atomic E-state index is -3.20. The van der Waals surface area contributed by atoms with Crippen molar-refractivity contribution in [2.75, 3.05) is 25.1 Å². The molecule has 0 aliphatic carbocycles. The fraction of sp³-hybridized carbons (Fsp3) is 0.385. The molecule has 0 unspecified atom stereocenters. The van der Waals surface area contributed by atoms with Gasteiger partial charge in [-0.3, -0.25) is 4.57 Å². The van der Waals surface area contributed by atoms with Crippen LogP contribution >= 0.6 is 7.60 Å². The lowest BCUT2D eigenvalue weighted by molar-refractivity contribution is 0.226. The summed E-state index contributed by atoms with van der Waals surface area (Å²) in [4.78, 5) is 0. The Balaban J connectivity index is 2.60. The predicted molar refractivity (Wildman–Crippen MR) is 74.9 cm³/mol. The van der Waals surface area contributed by atoms with Crippen molar-refractivity contribution in [3.05, 3.63) is 42.2 Å². The zero-order chi connectivity index (χ0) is 13.4. The Morgan fingerprint density at radius 2 is 1.78 bits per heavy atom. The molecule has 1 rings (SSSR count). The van der Waals surface area contributed by atoms with E-state index < -0.39 is 7.60 Å². The summed E-state index contributed by atoms with van der Waals surface area (Å²) in [5.74, 6) is 0. The van der Waals surface area contributed by atoms with Crippen molar-refractivity contribution in [3.8, 4) is 0 Å². The van der Waals surface area contributed by atoms with E-state index in [9.17, 15) is 4.57 Å². The highest BCUT2D eigenvalue weighted by Gasteiger charge is 2.27. The maximum atomic E-state index is 12.4. The van der Waals surface area contributed by atoms with Crippen LogP contribution in [-0.4, -0.2) is 19.8 Å². The second-order valence-corrected chi connectivity index (χ2v) is 5.76. The Labute approximate surface area is 109 Å². The van der Waals surface area contributed by atoms with E-state index >= 15 is 0 Å². The Bertz CT molecular complexity index is 410. The molecule has 0 atom stereocenters. The molecule has 1 aromatic rings. The summed E-state index contributed by atoms with van der Waals surface area (Å²) in [6.45, 7) is 8.40. The SMILES string of the molecule is C=C(CNc1ccccc1)P(=O)(OCC)OCC. The number of hydrogen-bond acceptors (Lipinski definition) is 4. The molecule has 4 nitrogen and oxygen atoms in total. The number of anilines is 1. The molecule has 0 bridgehead atoms. The van der Waals surface area contributed by atoms with E-state index in [4.69, 9.17) is 9.05 Å². The molecular formula is C13H20NO3P. The summed E-state index contributed by atoms with van der Waals surface area (Å²) < 4.78 is 22.8. The molecule has 0 radical (unpaired) electrons. The van der Waals surface area contributed by atoms with Gasteiger partial charge in [-0.2, -0.15) is 0 Å². The minimum absolute atomic E-state index is 0.335. The highest BCUT2D eigenvalue weighted by Crippen LogP contribution is 2.55. The van der Waals surface area contributed by atoms with Crippen molar-refractivity contribution in [1.82, 2.24) is 0 Å². The molecule has 0 saturated heterocycles. The maximum Gasteiger partial charge on any atom is 0.358 e. The second-order valence-electron chi connectivity index (χ2n) is 3.62. The molecule has 100 valence electrons. The molecule has 5 heteroatoms. The van der Waals surface area contributed by atoms with Crippen LogP contribution in [0.4, 0.5) is 5.69 Å². The lowest BCUT2D eigenvalue weighted by Crippen LogP contribution is -2.08. The first-order chi connectivity index (χ1) is 8.62. The van der Waals surface area contributed by atoms with Crippen LogP contribution < -0.4 is 5.32 Å². The molecule has 0 aromatic heterocycles. The average Bonchev–Trinajstić information content (AvgIpc) is 2.37. The van der Waals surface area contributed by atoms with E-state index in [2.05, 4.69) is 11.9 Å². The summed E-state index contributed by atoms with van der Waals surface area (Å²) in [5.41, 5.74) is 0.943. The standard InChI is InChI=1S/C13H20NO3P/c1-4-16-18(15,17-5-2)12(3)11-14-13-9-7-6-8-10-13/h6-10,14H,3-5,11H2,1-2H3. The molecule has 0 heterocycles. The molecule has 0 aliphatic heterocycles. The largest absolute Gasteiger partial charge is 0.381 e. The van der Waals surface area contributed by atoms with Gasteiger partial charge in [0, 0.05) is 12.2 Å². The van der Waals surface area contributed by atoms with Crippen molar-refractivity contribution < 1.29 is 13.6 Å². The van der Waals surface area contributed by atoms with Gasteiger partial charge in [0.15, 0.2) is 0 Å². The number of rotatable bonds is 8. The van der Waals surface area contributed by atoms with Crippen LogP contribution in [0.2, 0.25) is 0 Å². The van der Waals surface area contributed by atoms with Crippen molar-refractivity contribution in [2.24, 2.45) is 0 Å². The fourth-order valence-electron chi connectivity index (χ4n) is 1.42. The minimum Gasteiger partial charge on any atom is -0.381 e. The summed E-state index contributed by atoms with van der Waals surface area (Å²) in [7, 11) is -3.20. The Kier molecular flexibility index (Phi) is 6.13. The van der Waals surface area contributed by atoms with Gasteiger partial charge in [0.05, 0.1) is 18.5 Å². The Morgan fingerprint density at radius 3 is 2.28 bits per heavy atom. The van der Waals surface area contributed by atoms with E-state index in [0.717, 1.165) is 5.69 Å². The topological polar surface area (TPSA) is 47.6 Å². The summed E-state index contributed by atoms with van der Waals surface area (Å²) in [6.07, 6.45) is 0. The van der Waals surface area contributed by atoms with E-state index in [0.29, 0.717) is 25.1 Å². The predicted octanol–water partition coefficient (Wildman–Crippen LogP) is 3.88. The van der Waals surface area contributed by atoms with E-state index in [1.165, 1.54) is 0 Å². The fourth-order valence-corrected chi connectivity index (χ4v) is 2.81. The van der Waals surface area contributed by atoms with Crippen molar-refractivity contribution in [1.29, 1.82) is 0 Å². The third-order valence-electron chi connectivity index (χ3n) is 2.26. The molecule has 1 aromatic carbocycles. The first-order valence-electron chi connectivity index (χ1n) is 5.98. The average molecular weight is 269 g/mol. The van der Waals surface area contributed by atoms with Crippen LogP contribution in [0, 0.1) is 0 Å². The Morgan fingerprint density at radius 1 is 1.22 bits per heavy atom. The van der Waals surface area contributed by atoms with Gasteiger partial charge in [-0.1, -0.05) is 24.8 Å². The van der Waals surface area contributed by atoms with Gasteiger partial charge in [0.25, 0.3) is 0 Å². The second kappa shape index (κ2) is 7.37. The number of benzene rings is 1. The van der Waals surface area contributed by atoms with E-state index in [1.54, 1.807) is 13.8 Å². The molecule has 18 heavy (non-hydrogen) atoms. The van der Waals surface area contributed by atoms with Gasteiger partial charge >= 0.3 is 7.60 Å². The molecule has 1 N–H and O–H groups in total. The van der Waals surface area contributed by atoms with Crippen molar-refractivity contribution in [3.63, 3.8) is 0 Å². The lowest BCUT2D eigenvalue weighted by atomic mass is 10.3. The molecule has 0 amide bonds. The smallest absolute Gasteiger partial charge is 0.358 e. The first-order valence-corrected chi connectivity index (χ1v) is 7.53. The van der Waals surface area contributed by atoms with Crippen LogP contribution in [0.15, 0.2) is 42.2 Å². The highest BCUT2D eigenvalue weighted by molar-refractivity contribution is 7.58. The zero-order valence-corrected chi connectivity index (χ0v) is 11.8. The monoisotopic (exact) mass is 269 g/mol. The first kappa shape index (κ1) is 15.0. The number of para-hydroxylation sites is 1. The van der Waals surface area contributed by atoms with Gasteiger partial charge in [0.1, 0.15) is 0 Å². The van der Waals surface area contributed by atoms with Crippen LogP contribution in [0.3, 0.4) is 0 Å². The van der Waals surface area contributed by atoms with Crippen LogP contribution in [0.5, 0.6) is 0 Å². The lowest BCUT2D eigenvalue weighted by Gasteiger charge is -2.19.